The molecule has 1 aliphatic carbocycles. The van der Waals surface area contributed by atoms with E-state index in [1.54, 1.807) is 12.4 Å². The highest BCUT2D eigenvalue weighted by atomic mass is 15.1. The van der Waals surface area contributed by atoms with Crippen molar-refractivity contribution in [1.29, 1.82) is 0 Å². The summed E-state index contributed by atoms with van der Waals surface area (Å²) in [4.78, 5) is 8.27. The van der Waals surface area contributed by atoms with Gasteiger partial charge in [0.15, 0.2) is 0 Å². The first kappa shape index (κ1) is 12.1. The van der Waals surface area contributed by atoms with Gasteiger partial charge in [-0.05, 0) is 31.6 Å². The number of nitrogens with two attached hydrogens (primary N) is 1. The summed E-state index contributed by atoms with van der Waals surface area (Å²) in [5, 5.41) is 3.43. The summed E-state index contributed by atoms with van der Waals surface area (Å²) >= 11 is 0. The fourth-order valence-corrected chi connectivity index (χ4v) is 2.66. The van der Waals surface area contributed by atoms with E-state index in [0.29, 0.717) is 11.9 Å². The van der Waals surface area contributed by atoms with Crippen molar-refractivity contribution in [3.63, 3.8) is 0 Å². The average molecular weight is 234 g/mol. The molecular formula is C13H22N4. The van der Waals surface area contributed by atoms with Gasteiger partial charge in [-0.25, -0.2) is 4.98 Å². The molecule has 1 fully saturated rings. The zero-order chi connectivity index (χ0) is 12.1. The highest BCUT2D eigenvalue weighted by molar-refractivity contribution is 5.39. The van der Waals surface area contributed by atoms with Crippen molar-refractivity contribution in [3.8, 4) is 0 Å². The van der Waals surface area contributed by atoms with Crippen LogP contribution in [0.25, 0.3) is 0 Å². The van der Waals surface area contributed by atoms with E-state index < -0.39 is 0 Å². The van der Waals surface area contributed by atoms with Gasteiger partial charge in [-0.15, -0.1) is 0 Å². The molecule has 1 aliphatic rings. The van der Waals surface area contributed by atoms with E-state index in [2.05, 4.69) is 22.2 Å². The van der Waals surface area contributed by atoms with Crippen molar-refractivity contribution in [2.45, 2.75) is 51.5 Å². The van der Waals surface area contributed by atoms with Crippen LogP contribution in [0.5, 0.6) is 0 Å². The third-order valence-corrected chi connectivity index (χ3v) is 3.55. The molecule has 0 unspecified atom stereocenters. The van der Waals surface area contributed by atoms with Crippen LogP contribution in [0.4, 0.5) is 11.6 Å². The Morgan fingerprint density at radius 2 is 2.06 bits per heavy atom. The zero-order valence-corrected chi connectivity index (χ0v) is 10.5. The number of aromatic nitrogens is 2. The van der Waals surface area contributed by atoms with Crippen LogP contribution in [-0.4, -0.2) is 16.0 Å². The zero-order valence-electron chi connectivity index (χ0n) is 10.5. The first-order chi connectivity index (χ1) is 8.28. The van der Waals surface area contributed by atoms with Crippen molar-refractivity contribution in [2.75, 3.05) is 11.1 Å². The van der Waals surface area contributed by atoms with Gasteiger partial charge in [-0.1, -0.05) is 19.8 Å². The lowest BCUT2D eigenvalue weighted by molar-refractivity contribution is 0.318. The van der Waals surface area contributed by atoms with Crippen molar-refractivity contribution in [2.24, 2.45) is 5.92 Å². The lowest BCUT2D eigenvalue weighted by Gasteiger charge is -2.29. The van der Waals surface area contributed by atoms with E-state index in [9.17, 15) is 0 Å². The molecule has 0 radical (unpaired) electrons. The fraction of sp³-hybridized carbons (Fsp3) is 0.692. The Kier molecular flexibility index (Phi) is 4.18. The first-order valence-corrected chi connectivity index (χ1v) is 6.62. The largest absolute Gasteiger partial charge is 0.382 e. The van der Waals surface area contributed by atoms with Gasteiger partial charge in [0.2, 0.25) is 0 Å². The molecule has 1 aromatic heterocycles. The maximum absolute atomic E-state index is 5.61. The van der Waals surface area contributed by atoms with E-state index in [-0.39, 0.29) is 0 Å². The fourth-order valence-electron chi connectivity index (χ4n) is 2.66. The van der Waals surface area contributed by atoms with E-state index in [4.69, 9.17) is 5.73 Å². The molecule has 0 amide bonds. The van der Waals surface area contributed by atoms with E-state index in [1.807, 2.05) is 0 Å². The Bertz CT molecular complexity index is 345. The Morgan fingerprint density at radius 3 is 2.71 bits per heavy atom. The Labute approximate surface area is 103 Å². The van der Waals surface area contributed by atoms with Crippen LogP contribution in [0.1, 0.15) is 45.4 Å². The molecule has 94 valence electrons. The molecule has 1 heterocycles. The van der Waals surface area contributed by atoms with Crippen LogP contribution in [0.2, 0.25) is 0 Å². The summed E-state index contributed by atoms with van der Waals surface area (Å²) in [6.45, 7) is 2.27. The molecule has 0 aromatic carbocycles. The summed E-state index contributed by atoms with van der Waals surface area (Å²) in [6, 6.07) is 0.541. The molecule has 1 aromatic rings. The van der Waals surface area contributed by atoms with Gasteiger partial charge in [-0.3, -0.25) is 4.98 Å². The van der Waals surface area contributed by atoms with Crippen LogP contribution in [-0.2, 0) is 0 Å². The Balaban J connectivity index is 1.82. The second kappa shape index (κ2) is 5.84. The molecule has 2 rings (SSSR count). The summed E-state index contributed by atoms with van der Waals surface area (Å²) in [5.41, 5.74) is 5.61. The van der Waals surface area contributed by atoms with Gasteiger partial charge in [0.05, 0.1) is 12.4 Å². The molecule has 4 nitrogen and oxygen atoms in total. The maximum atomic E-state index is 5.61. The quantitative estimate of drug-likeness (QED) is 0.840. The smallest absolute Gasteiger partial charge is 0.147 e. The number of anilines is 2. The van der Waals surface area contributed by atoms with Crippen molar-refractivity contribution < 1.29 is 0 Å². The summed E-state index contributed by atoms with van der Waals surface area (Å²) in [6.07, 6.45) is 11.1. The predicted octanol–water partition coefficient (Wildman–Crippen LogP) is 2.83. The lowest BCUT2D eigenvalue weighted by Crippen LogP contribution is -2.26. The SMILES string of the molecule is CCCC1CCC(Nc2cncc(N)n2)CC1. The summed E-state index contributed by atoms with van der Waals surface area (Å²) in [7, 11) is 0. The second-order valence-electron chi connectivity index (χ2n) is 4.98. The molecule has 0 bridgehead atoms. The van der Waals surface area contributed by atoms with Gasteiger partial charge >= 0.3 is 0 Å². The van der Waals surface area contributed by atoms with Gasteiger partial charge in [0.25, 0.3) is 0 Å². The Morgan fingerprint density at radius 1 is 1.29 bits per heavy atom. The molecule has 0 atom stereocenters. The van der Waals surface area contributed by atoms with Crippen molar-refractivity contribution >= 4 is 11.6 Å². The van der Waals surface area contributed by atoms with Gasteiger partial charge in [0, 0.05) is 6.04 Å². The van der Waals surface area contributed by atoms with E-state index in [1.165, 1.54) is 38.5 Å². The molecule has 0 aliphatic heterocycles. The predicted molar refractivity (Wildman–Crippen MR) is 70.7 cm³/mol. The molecule has 0 saturated heterocycles. The molecule has 0 spiro atoms. The molecule has 1 saturated carbocycles. The minimum Gasteiger partial charge on any atom is -0.382 e. The first-order valence-electron chi connectivity index (χ1n) is 6.62. The monoisotopic (exact) mass is 234 g/mol. The van der Waals surface area contributed by atoms with E-state index in [0.717, 1.165) is 11.7 Å². The van der Waals surface area contributed by atoms with Crippen LogP contribution in [0, 0.1) is 5.92 Å². The van der Waals surface area contributed by atoms with Crippen molar-refractivity contribution in [1.82, 2.24) is 9.97 Å². The topological polar surface area (TPSA) is 63.8 Å². The minimum absolute atomic E-state index is 0.481. The third kappa shape index (κ3) is 3.58. The van der Waals surface area contributed by atoms with Gasteiger partial charge < -0.3 is 11.1 Å². The van der Waals surface area contributed by atoms with Crippen LogP contribution in [0.3, 0.4) is 0 Å². The molecule has 4 heteroatoms. The highest BCUT2D eigenvalue weighted by Crippen LogP contribution is 2.29. The number of nitrogens with one attached hydrogen (secondary N) is 1. The number of hydrogen-bond donors (Lipinski definition) is 2. The van der Waals surface area contributed by atoms with E-state index >= 15 is 0 Å². The van der Waals surface area contributed by atoms with Gasteiger partial charge in [0.1, 0.15) is 11.6 Å². The third-order valence-electron chi connectivity index (χ3n) is 3.55. The second-order valence-corrected chi connectivity index (χ2v) is 4.98. The number of hydrogen-bond acceptors (Lipinski definition) is 4. The average Bonchev–Trinajstić information content (AvgIpc) is 2.32. The molecular weight excluding hydrogens is 212 g/mol. The maximum Gasteiger partial charge on any atom is 0.147 e. The highest BCUT2D eigenvalue weighted by Gasteiger charge is 2.20. The van der Waals surface area contributed by atoms with Gasteiger partial charge in [-0.2, -0.15) is 0 Å². The number of rotatable bonds is 4. The van der Waals surface area contributed by atoms with Crippen LogP contribution in [0.15, 0.2) is 12.4 Å². The Hall–Kier alpha value is -1.32. The lowest BCUT2D eigenvalue weighted by atomic mass is 9.83. The molecule has 3 N–H and O–H groups in total. The van der Waals surface area contributed by atoms with Crippen LogP contribution < -0.4 is 11.1 Å². The minimum atomic E-state index is 0.481. The summed E-state index contributed by atoms with van der Waals surface area (Å²) in [5.74, 6) is 2.23. The number of nitrogen functional groups attached to an aromatic ring is 1. The van der Waals surface area contributed by atoms with Crippen molar-refractivity contribution in [3.05, 3.63) is 12.4 Å². The summed E-state index contributed by atoms with van der Waals surface area (Å²) < 4.78 is 0. The standard InChI is InChI=1S/C13H22N4/c1-2-3-10-4-6-11(7-5-10)16-13-9-15-8-12(14)17-13/h8-11H,2-7H2,1H3,(H3,14,16,17). The molecule has 17 heavy (non-hydrogen) atoms. The number of nitrogens with zero attached hydrogens (tertiary/aromatic N) is 2. The van der Waals surface area contributed by atoms with Crippen LogP contribution >= 0.6 is 0 Å². The normalized spacial score (nSPS) is 24.5.